The van der Waals surface area contributed by atoms with Crippen LogP contribution in [0.2, 0.25) is 5.02 Å². The van der Waals surface area contributed by atoms with E-state index in [4.69, 9.17) is 16.0 Å². The molecule has 124 valence electrons. The number of aromatic nitrogens is 2. The molecule has 0 radical (unpaired) electrons. The molecule has 1 amide bonds. The zero-order chi connectivity index (χ0) is 16.9. The Bertz CT molecular complexity index is 886. The second-order valence-corrected chi connectivity index (χ2v) is 6.41. The lowest BCUT2D eigenvalue weighted by Crippen LogP contribution is -2.26. The summed E-state index contributed by atoms with van der Waals surface area (Å²) in [6.07, 6.45) is 0.136. The van der Waals surface area contributed by atoms with Crippen molar-refractivity contribution in [1.82, 2.24) is 15.1 Å². The lowest BCUT2D eigenvalue weighted by Gasteiger charge is -2.05. The highest BCUT2D eigenvalue weighted by molar-refractivity contribution is 7.13. The van der Waals surface area contributed by atoms with E-state index in [9.17, 15) is 9.59 Å². The smallest absolute Gasteiger partial charge is 0.387 e. The van der Waals surface area contributed by atoms with E-state index in [2.05, 4.69) is 10.4 Å². The van der Waals surface area contributed by atoms with E-state index >= 15 is 0 Å². The number of nitrogens with zero attached hydrogens (tertiary/aromatic N) is 2. The minimum Gasteiger partial charge on any atom is -0.387 e. The highest BCUT2D eigenvalue weighted by atomic mass is 35.5. The van der Waals surface area contributed by atoms with Crippen LogP contribution in [0.15, 0.2) is 51.0 Å². The first-order valence-electron chi connectivity index (χ1n) is 7.25. The molecule has 0 aliphatic rings. The minimum absolute atomic E-state index is 0.136. The molecule has 0 fully saturated rings. The fourth-order valence-electron chi connectivity index (χ4n) is 2.09. The van der Waals surface area contributed by atoms with Gasteiger partial charge in [0, 0.05) is 18.0 Å². The van der Waals surface area contributed by atoms with Crippen molar-refractivity contribution in [2.24, 2.45) is 0 Å². The predicted octanol–water partition coefficient (Wildman–Crippen LogP) is 2.92. The van der Waals surface area contributed by atoms with Crippen LogP contribution >= 0.6 is 22.9 Å². The highest BCUT2D eigenvalue weighted by Crippen LogP contribution is 2.21. The van der Waals surface area contributed by atoms with Crippen molar-refractivity contribution in [3.05, 3.63) is 62.9 Å². The lowest BCUT2D eigenvalue weighted by atomic mass is 10.2. The largest absolute Gasteiger partial charge is 0.437 e. The van der Waals surface area contributed by atoms with Crippen molar-refractivity contribution < 1.29 is 9.21 Å². The Morgan fingerprint density at radius 1 is 1.33 bits per heavy atom. The van der Waals surface area contributed by atoms with Gasteiger partial charge in [-0.05, 0) is 29.1 Å². The number of aryl methyl sites for hydroxylation is 1. The number of hydrogen-bond donors (Lipinski definition) is 1. The Hall–Kier alpha value is -2.38. The van der Waals surface area contributed by atoms with Crippen LogP contribution in [0.3, 0.4) is 0 Å². The molecule has 2 aromatic heterocycles. The molecule has 3 rings (SSSR count). The molecule has 0 atom stereocenters. The van der Waals surface area contributed by atoms with Crippen molar-refractivity contribution in [2.75, 3.05) is 0 Å². The zero-order valence-corrected chi connectivity index (χ0v) is 14.1. The van der Waals surface area contributed by atoms with E-state index in [1.54, 1.807) is 12.1 Å². The third-order valence-electron chi connectivity index (χ3n) is 3.27. The van der Waals surface area contributed by atoms with Crippen LogP contribution in [0, 0.1) is 0 Å². The van der Waals surface area contributed by atoms with Gasteiger partial charge in [0.2, 0.25) is 5.91 Å². The van der Waals surface area contributed by atoms with Gasteiger partial charge in [-0.25, -0.2) is 4.79 Å². The van der Waals surface area contributed by atoms with Gasteiger partial charge in [0.15, 0.2) is 0 Å². The van der Waals surface area contributed by atoms with Crippen LogP contribution in [-0.2, 0) is 17.9 Å². The molecule has 0 aliphatic carbocycles. The fourth-order valence-corrected chi connectivity index (χ4v) is 2.95. The number of benzene rings is 1. The average Bonchev–Trinajstić information content (AvgIpc) is 3.20. The molecule has 2 heterocycles. The summed E-state index contributed by atoms with van der Waals surface area (Å²) in [6.45, 7) is 0.544. The first kappa shape index (κ1) is 16.5. The average molecular weight is 364 g/mol. The summed E-state index contributed by atoms with van der Waals surface area (Å²) in [6, 6.07) is 10.9. The van der Waals surface area contributed by atoms with Gasteiger partial charge >= 0.3 is 5.76 Å². The predicted molar refractivity (Wildman–Crippen MR) is 92.0 cm³/mol. The van der Waals surface area contributed by atoms with E-state index < -0.39 is 5.76 Å². The summed E-state index contributed by atoms with van der Waals surface area (Å²) in [5.74, 6) is -0.474. The SMILES string of the molecule is O=C(CCn1nc(-c2cccs2)oc1=O)NCc1cccc(Cl)c1. The Labute approximate surface area is 146 Å². The molecule has 0 unspecified atom stereocenters. The molecule has 3 aromatic rings. The second-order valence-electron chi connectivity index (χ2n) is 5.03. The fraction of sp³-hybridized carbons (Fsp3) is 0.188. The van der Waals surface area contributed by atoms with Crippen LogP contribution in [0.5, 0.6) is 0 Å². The Kier molecular flexibility index (Phi) is 5.12. The maximum Gasteiger partial charge on any atom is 0.437 e. The monoisotopic (exact) mass is 363 g/mol. The maximum atomic E-state index is 11.9. The Morgan fingerprint density at radius 3 is 2.96 bits per heavy atom. The molecule has 1 N–H and O–H groups in total. The van der Waals surface area contributed by atoms with Gasteiger partial charge in [-0.15, -0.1) is 16.4 Å². The number of halogens is 1. The van der Waals surface area contributed by atoms with E-state index in [0.29, 0.717) is 11.6 Å². The van der Waals surface area contributed by atoms with Crippen LogP contribution in [0.4, 0.5) is 0 Å². The summed E-state index contributed by atoms with van der Waals surface area (Å²) >= 11 is 7.33. The molecule has 0 saturated heterocycles. The normalized spacial score (nSPS) is 10.7. The third kappa shape index (κ3) is 4.12. The van der Waals surface area contributed by atoms with Crippen LogP contribution in [0.25, 0.3) is 10.8 Å². The van der Waals surface area contributed by atoms with Crippen molar-refractivity contribution in [3.63, 3.8) is 0 Å². The topological polar surface area (TPSA) is 77.1 Å². The second kappa shape index (κ2) is 7.46. The van der Waals surface area contributed by atoms with Gasteiger partial charge in [0.25, 0.3) is 5.89 Å². The van der Waals surface area contributed by atoms with Crippen molar-refractivity contribution >= 4 is 28.8 Å². The highest BCUT2D eigenvalue weighted by Gasteiger charge is 2.12. The van der Waals surface area contributed by atoms with Gasteiger partial charge < -0.3 is 9.73 Å². The van der Waals surface area contributed by atoms with Crippen molar-refractivity contribution in [1.29, 1.82) is 0 Å². The number of carbonyl (C=O) groups is 1. The summed E-state index contributed by atoms with van der Waals surface area (Å²) in [7, 11) is 0. The summed E-state index contributed by atoms with van der Waals surface area (Å²) in [5.41, 5.74) is 0.912. The third-order valence-corrected chi connectivity index (χ3v) is 4.36. The van der Waals surface area contributed by atoms with Gasteiger partial charge in [0.1, 0.15) is 0 Å². The van der Waals surface area contributed by atoms with Gasteiger partial charge in [0.05, 0.1) is 11.4 Å². The molecular formula is C16H14ClN3O3S. The van der Waals surface area contributed by atoms with Gasteiger partial charge in [-0.2, -0.15) is 4.68 Å². The number of amides is 1. The molecule has 24 heavy (non-hydrogen) atoms. The van der Waals surface area contributed by atoms with Gasteiger partial charge in [-0.1, -0.05) is 29.8 Å². The van der Waals surface area contributed by atoms with Crippen LogP contribution in [0.1, 0.15) is 12.0 Å². The van der Waals surface area contributed by atoms with Crippen molar-refractivity contribution in [2.45, 2.75) is 19.5 Å². The number of hydrogen-bond acceptors (Lipinski definition) is 5. The van der Waals surface area contributed by atoms with Crippen LogP contribution < -0.4 is 11.1 Å². The number of nitrogens with one attached hydrogen (secondary N) is 1. The number of carbonyl (C=O) groups excluding carboxylic acids is 1. The molecular weight excluding hydrogens is 350 g/mol. The summed E-state index contributed by atoms with van der Waals surface area (Å²) in [5, 5.41) is 9.38. The first-order chi connectivity index (χ1) is 11.6. The van der Waals surface area contributed by atoms with Crippen LogP contribution in [-0.4, -0.2) is 15.7 Å². The quantitative estimate of drug-likeness (QED) is 0.730. The molecule has 0 bridgehead atoms. The summed E-state index contributed by atoms with van der Waals surface area (Å²) in [4.78, 5) is 24.4. The van der Waals surface area contributed by atoms with E-state index in [1.807, 2.05) is 29.6 Å². The van der Waals surface area contributed by atoms with E-state index in [-0.39, 0.29) is 24.8 Å². The minimum atomic E-state index is -0.568. The van der Waals surface area contributed by atoms with Gasteiger partial charge in [-0.3, -0.25) is 4.79 Å². The van der Waals surface area contributed by atoms with E-state index in [0.717, 1.165) is 15.1 Å². The standard InChI is InChI=1S/C16H14ClN3O3S/c17-12-4-1-3-11(9-12)10-18-14(21)6-7-20-16(22)23-15(19-20)13-5-2-8-24-13/h1-5,8-9H,6-7,10H2,(H,18,21). The molecule has 1 aromatic carbocycles. The Morgan fingerprint density at radius 2 is 2.21 bits per heavy atom. The molecule has 8 heteroatoms. The van der Waals surface area contributed by atoms with E-state index in [1.165, 1.54) is 11.3 Å². The molecule has 0 aliphatic heterocycles. The molecule has 6 nitrogen and oxygen atoms in total. The summed E-state index contributed by atoms with van der Waals surface area (Å²) < 4.78 is 6.25. The lowest BCUT2D eigenvalue weighted by molar-refractivity contribution is -0.121. The zero-order valence-electron chi connectivity index (χ0n) is 12.6. The number of rotatable bonds is 6. The number of thiophene rings is 1. The molecule has 0 spiro atoms. The first-order valence-corrected chi connectivity index (χ1v) is 8.50. The Balaban J connectivity index is 1.54. The maximum absolute atomic E-state index is 11.9. The molecule has 0 saturated carbocycles. The van der Waals surface area contributed by atoms with Crippen molar-refractivity contribution in [3.8, 4) is 10.8 Å².